The van der Waals surface area contributed by atoms with E-state index in [-0.39, 0.29) is 0 Å². The van der Waals surface area contributed by atoms with E-state index in [4.69, 9.17) is 4.74 Å². The van der Waals surface area contributed by atoms with Gasteiger partial charge in [-0.3, -0.25) is 4.90 Å². The van der Waals surface area contributed by atoms with Gasteiger partial charge >= 0.3 is 0 Å². The van der Waals surface area contributed by atoms with Gasteiger partial charge in [-0.2, -0.15) is 0 Å². The van der Waals surface area contributed by atoms with E-state index in [1.165, 1.54) is 11.1 Å². The van der Waals surface area contributed by atoms with Gasteiger partial charge in [0.05, 0.1) is 13.2 Å². The van der Waals surface area contributed by atoms with Gasteiger partial charge in [0.1, 0.15) is 5.75 Å². The van der Waals surface area contributed by atoms with Crippen LogP contribution in [0.1, 0.15) is 29.2 Å². The Hall–Kier alpha value is -1.10. The molecule has 0 saturated carbocycles. The van der Waals surface area contributed by atoms with Crippen LogP contribution in [0.25, 0.3) is 0 Å². The Morgan fingerprint density at radius 3 is 2.75 bits per heavy atom. The van der Waals surface area contributed by atoms with E-state index in [1.807, 2.05) is 6.07 Å². The van der Waals surface area contributed by atoms with Crippen molar-refractivity contribution in [1.29, 1.82) is 0 Å². The van der Waals surface area contributed by atoms with Gasteiger partial charge < -0.3 is 15.2 Å². The minimum absolute atomic E-state index is 0.498. The summed E-state index contributed by atoms with van der Waals surface area (Å²) in [5.41, 5.74) is 3.28. The van der Waals surface area contributed by atoms with Gasteiger partial charge in [0.2, 0.25) is 0 Å². The summed E-state index contributed by atoms with van der Waals surface area (Å²) in [6.07, 6.45) is 0.638. The number of aryl methyl sites for hydroxylation is 2. The van der Waals surface area contributed by atoms with E-state index < -0.39 is 6.10 Å². The normalized spacial score (nSPS) is 18.6. The molecule has 2 rings (SSSR count). The molecule has 0 aliphatic carbocycles. The second-order valence-corrected chi connectivity index (χ2v) is 5.60. The first-order valence-electron chi connectivity index (χ1n) is 7.38. The Labute approximate surface area is 121 Å². The summed E-state index contributed by atoms with van der Waals surface area (Å²) in [7, 11) is 1.66. The molecule has 1 atom stereocenters. The third kappa shape index (κ3) is 3.72. The Bertz CT molecular complexity index is 440. The SMILES string of the molecule is COc1cc(C)c(C)cc1C(O)CN1CCCNCC1. The molecule has 4 heteroatoms. The molecule has 0 spiro atoms. The molecule has 1 unspecified atom stereocenters. The van der Waals surface area contributed by atoms with Gasteiger partial charge in [0.25, 0.3) is 0 Å². The predicted molar refractivity (Wildman–Crippen MR) is 81.4 cm³/mol. The summed E-state index contributed by atoms with van der Waals surface area (Å²) < 4.78 is 5.43. The van der Waals surface area contributed by atoms with Gasteiger partial charge in [-0.25, -0.2) is 0 Å². The average Bonchev–Trinajstić information content (AvgIpc) is 2.69. The molecule has 1 aliphatic rings. The molecule has 1 aromatic carbocycles. The molecule has 1 saturated heterocycles. The molecule has 20 heavy (non-hydrogen) atoms. The summed E-state index contributed by atoms with van der Waals surface area (Å²) >= 11 is 0. The van der Waals surface area contributed by atoms with Crippen molar-refractivity contribution in [3.05, 3.63) is 28.8 Å². The van der Waals surface area contributed by atoms with E-state index >= 15 is 0 Å². The zero-order valence-electron chi connectivity index (χ0n) is 12.8. The largest absolute Gasteiger partial charge is 0.496 e. The molecule has 0 aromatic heterocycles. The lowest BCUT2D eigenvalue weighted by Crippen LogP contribution is -2.32. The van der Waals surface area contributed by atoms with Gasteiger partial charge in [-0.05, 0) is 56.6 Å². The van der Waals surface area contributed by atoms with Crippen molar-refractivity contribution in [1.82, 2.24) is 10.2 Å². The third-order valence-corrected chi connectivity index (χ3v) is 4.07. The maximum Gasteiger partial charge on any atom is 0.124 e. The van der Waals surface area contributed by atoms with Crippen LogP contribution in [0.15, 0.2) is 12.1 Å². The summed E-state index contributed by atoms with van der Waals surface area (Å²) in [4.78, 5) is 2.32. The van der Waals surface area contributed by atoms with Crippen LogP contribution in [0.2, 0.25) is 0 Å². The minimum Gasteiger partial charge on any atom is -0.496 e. The van der Waals surface area contributed by atoms with Crippen LogP contribution in [0, 0.1) is 13.8 Å². The number of ether oxygens (including phenoxy) is 1. The van der Waals surface area contributed by atoms with Crippen molar-refractivity contribution in [2.75, 3.05) is 39.8 Å². The number of aliphatic hydroxyl groups is 1. The second kappa shape index (κ2) is 7.07. The molecule has 112 valence electrons. The summed E-state index contributed by atoms with van der Waals surface area (Å²) in [6, 6.07) is 4.06. The quantitative estimate of drug-likeness (QED) is 0.879. The second-order valence-electron chi connectivity index (χ2n) is 5.60. The molecule has 0 bridgehead atoms. The minimum atomic E-state index is -0.498. The molecular formula is C16H26N2O2. The molecule has 0 amide bonds. The smallest absolute Gasteiger partial charge is 0.124 e. The highest BCUT2D eigenvalue weighted by atomic mass is 16.5. The van der Waals surface area contributed by atoms with Crippen molar-refractivity contribution < 1.29 is 9.84 Å². The summed E-state index contributed by atoms with van der Waals surface area (Å²) in [6.45, 7) is 8.90. The van der Waals surface area contributed by atoms with E-state index in [9.17, 15) is 5.11 Å². The van der Waals surface area contributed by atoms with E-state index in [0.717, 1.165) is 43.9 Å². The first-order valence-corrected chi connectivity index (χ1v) is 7.38. The number of methoxy groups -OCH3 is 1. The lowest BCUT2D eigenvalue weighted by Gasteiger charge is -2.24. The fourth-order valence-electron chi connectivity index (χ4n) is 2.68. The highest BCUT2D eigenvalue weighted by Gasteiger charge is 2.19. The number of nitrogens with zero attached hydrogens (tertiary/aromatic N) is 1. The summed E-state index contributed by atoms with van der Waals surface area (Å²) in [5, 5.41) is 13.9. The van der Waals surface area contributed by atoms with Crippen molar-refractivity contribution in [3.63, 3.8) is 0 Å². The van der Waals surface area contributed by atoms with E-state index in [1.54, 1.807) is 7.11 Å². The van der Waals surface area contributed by atoms with Gasteiger partial charge in [0, 0.05) is 25.2 Å². The average molecular weight is 278 g/mol. The summed E-state index contributed by atoms with van der Waals surface area (Å²) in [5.74, 6) is 0.786. The zero-order chi connectivity index (χ0) is 14.5. The monoisotopic (exact) mass is 278 g/mol. The maximum atomic E-state index is 10.5. The Morgan fingerprint density at radius 2 is 2.00 bits per heavy atom. The van der Waals surface area contributed by atoms with Crippen LogP contribution < -0.4 is 10.1 Å². The molecular weight excluding hydrogens is 252 g/mol. The molecule has 1 aliphatic heterocycles. The Balaban J connectivity index is 2.11. The number of β-amino-alcohol motifs (C(OH)–C–C–N with tert-alkyl or cyclic N) is 1. The number of rotatable bonds is 4. The van der Waals surface area contributed by atoms with Gasteiger partial charge in [-0.15, -0.1) is 0 Å². The molecule has 2 N–H and O–H groups in total. The first kappa shape index (κ1) is 15.3. The van der Waals surface area contributed by atoms with Crippen LogP contribution in [-0.2, 0) is 0 Å². The molecule has 4 nitrogen and oxygen atoms in total. The topological polar surface area (TPSA) is 44.7 Å². The number of benzene rings is 1. The van der Waals surface area contributed by atoms with Crippen molar-refractivity contribution in [3.8, 4) is 5.75 Å². The number of nitrogens with one attached hydrogen (secondary N) is 1. The van der Waals surface area contributed by atoms with E-state index in [0.29, 0.717) is 6.54 Å². The maximum absolute atomic E-state index is 10.5. The molecule has 1 aromatic rings. The highest BCUT2D eigenvalue weighted by molar-refractivity contribution is 5.43. The van der Waals surface area contributed by atoms with E-state index in [2.05, 4.69) is 30.1 Å². The fourth-order valence-corrected chi connectivity index (χ4v) is 2.68. The van der Waals surface area contributed by atoms with Crippen molar-refractivity contribution in [2.45, 2.75) is 26.4 Å². The van der Waals surface area contributed by atoms with Crippen LogP contribution in [0.5, 0.6) is 5.75 Å². The lowest BCUT2D eigenvalue weighted by atomic mass is 10.0. The highest BCUT2D eigenvalue weighted by Crippen LogP contribution is 2.29. The lowest BCUT2D eigenvalue weighted by molar-refractivity contribution is 0.114. The fraction of sp³-hybridized carbons (Fsp3) is 0.625. The standard InChI is InChI=1S/C16H26N2O2/c1-12-9-14(16(20-3)10-13(12)2)15(19)11-18-7-4-5-17-6-8-18/h9-10,15,17,19H,4-8,11H2,1-3H3. The molecule has 1 fully saturated rings. The number of hydrogen-bond acceptors (Lipinski definition) is 4. The first-order chi connectivity index (χ1) is 9.61. The zero-order valence-corrected chi connectivity index (χ0v) is 12.8. The van der Waals surface area contributed by atoms with Crippen molar-refractivity contribution in [2.24, 2.45) is 0 Å². The van der Waals surface area contributed by atoms with Crippen LogP contribution in [-0.4, -0.2) is 49.8 Å². The molecule has 0 radical (unpaired) electrons. The predicted octanol–water partition coefficient (Wildman–Crippen LogP) is 1.64. The van der Waals surface area contributed by atoms with Gasteiger partial charge in [0.15, 0.2) is 0 Å². The van der Waals surface area contributed by atoms with Crippen LogP contribution in [0.3, 0.4) is 0 Å². The van der Waals surface area contributed by atoms with Crippen LogP contribution >= 0.6 is 0 Å². The Morgan fingerprint density at radius 1 is 1.25 bits per heavy atom. The number of hydrogen-bond donors (Lipinski definition) is 2. The van der Waals surface area contributed by atoms with Crippen molar-refractivity contribution >= 4 is 0 Å². The molecule has 1 heterocycles. The van der Waals surface area contributed by atoms with Crippen LogP contribution in [0.4, 0.5) is 0 Å². The van der Waals surface area contributed by atoms with Gasteiger partial charge in [-0.1, -0.05) is 0 Å². The Kier molecular flexibility index (Phi) is 5.40. The number of aliphatic hydroxyl groups excluding tert-OH is 1. The third-order valence-electron chi connectivity index (χ3n) is 4.07.